The van der Waals surface area contributed by atoms with E-state index in [1.54, 1.807) is 0 Å². The zero-order valence-corrected chi connectivity index (χ0v) is 10.7. The van der Waals surface area contributed by atoms with Gasteiger partial charge in [0.05, 0.1) is 6.54 Å². The monoisotopic (exact) mass is 246 g/mol. The van der Waals surface area contributed by atoms with Gasteiger partial charge >= 0.3 is 0 Å². The van der Waals surface area contributed by atoms with E-state index in [1.165, 1.54) is 0 Å². The summed E-state index contributed by atoms with van der Waals surface area (Å²) in [7, 11) is 1.87. The van der Waals surface area contributed by atoms with E-state index in [2.05, 4.69) is 16.6 Å². The minimum absolute atomic E-state index is 0.0263. The maximum atomic E-state index is 11.4. The summed E-state index contributed by atoms with van der Waals surface area (Å²) >= 11 is 0. The summed E-state index contributed by atoms with van der Waals surface area (Å²) in [5.74, 6) is 2.83. The molecule has 96 valence electrons. The lowest BCUT2D eigenvalue weighted by molar-refractivity contribution is -0.122. The van der Waals surface area contributed by atoms with Crippen LogP contribution in [-0.4, -0.2) is 26.1 Å². The van der Waals surface area contributed by atoms with Gasteiger partial charge in [-0.3, -0.25) is 4.79 Å². The quantitative estimate of drug-likeness (QED) is 0.731. The summed E-state index contributed by atoms with van der Waals surface area (Å²) in [5, 5.41) is 5.62. The van der Waals surface area contributed by atoms with E-state index in [4.69, 9.17) is 11.2 Å². The molecule has 1 amide bonds. The SMILES string of the molecule is C#CCNC(=O)COc1ccc(C)cc1CNC. The molecule has 4 heteroatoms. The number of carbonyl (C=O) groups is 1. The molecule has 0 spiro atoms. The Bertz CT molecular complexity index is 450. The zero-order valence-electron chi connectivity index (χ0n) is 10.7. The third-order valence-electron chi connectivity index (χ3n) is 2.33. The van der Waals surface area contributed by atoms with E-state index in [9.17, 15) is 4.79 Å². The van der Waals surface area contributed by atoms with Crippen molar-refractivity contribution in [2.75, 3.05) is 20.2 Å². The Kier molecular flexibility index (Phi) is 5.75. The summed E-state index contributed by atoms with van der Waals surface area (Å²) in [5.41, 5.74) is 2.19. The third-order valence-corrected chi connectivity index (χ3v) is 2.33. The van der Waals surface area contributed by atoms with Gasteiger partial charge in [-0.25, -0.2) is 0 Å². The van der Waals surface area contributed by atoms with Crippen molar-refractivity contribution in [3.8, 4) is 18.1 Å². The average Bonchev–Trinajstić information content (AvgIpc) is 2.36. The van der Waals surface area contributed by atoms with Crippen molar-refractivity contribution in [1.29, 1.82) is 0 Å². The van der Waals surface area contributed by atoms with Gasteiger partial charge in [0, 0.05) is 12.1 Å². The lowest BCUT2D eigenvalue weighted by Crippen LogP contribution is -2.29. The van der Waals surface area contributed by atoms with E-state index >= 15 is 0 Å². The van der Waals surface area contributed by atoms with Crippen molar-refractivity contribution in [2.24, 2.45) is 0 Å². The number of terminal acetylenes is 1. The first-order valence-electron chi connectivity index (χ1n) is 5.74. The minimum Gasteiger partial charge on any atom is -0.483 e. The van der Waals surface area contributed by atoms with Crippen LogP contribution in [0.3, 0.4) is 0 Å². The fourth-order valence-electron chi connectivity index (χ4n) is 1.52. The van der Waals surface area contributed by atoms with Crippen LogP contribution >= 0.6 is 0 Å². The molecule has 0 radical (unpaired) electrons. The van der Waals surface area contributed by atoms with E-state index in [0.29, 0.717) is 12.3 Å². The van der Waals surface area contributed by atoms with Gasteiger partial charge in [-0.15, -0.1) is 6.42 Å². The molecule has 1 aromatic rings. The van der Waals surface area contributed by atoms with Crippen molar-refractivity contribution in [2.45, 2.75) is 13.5 Å². The first-order chi connectivity index (χ1) is 8.67. The maximum Gasteiger partial charge on any atom is 0.258 e. The predicted octanol–water partition coefficient (Wildman–Crippen LogP) is 0.843. The van der Waals surface area contributed by atoms with Crippen molar-refractivity contribution >= 4 is 5.91 Å². The van der Waals surface area contributed by atoms with Crippen LogP contribution < -0.4 is 15.4 Å². The molecule has 2 N–H and O–H groups in total. The Labute approximate surface area is 108 Å². The van der Waals surface area contributed by atoms with Crippen LogP contribution in [0.4, 0.5) is 0 Å². The molecule has 0 aliphatic rings. The summed E-state index contributed by atoms with van der Waals surface area (Å²) < 4.78 is 5.48. The van der Waals surface area contributed by atoms with Crippen molar-refractivity contribution in [3.63, 3.8) is 0 Å². The largest absolute Gasteiger partial charge is 0.483 e. The molecule has 0 saturated heterocycles. The van der Waals surface area contributed by atoms with E-state index in [1.807, 2.05) is 32.2 Å². The molecule has 1 aromatic carbocycles. The number of hydrogen-bond acceptors (Lipinski definition) is 3. The van der Waals surface area contributed by atoms with Gasteiger partial charge in [0.15, 0.2) is 6.61 Å². The van der Waals surface area contributed by atoms with Crippen LogP contribution in [0.1, 0.15) is 11.1 Å². The average molecular weight is 246 g/mol. The highest BCUT2D eigenvalue weighted by Crippen LogP contribution is 2.19. The fraction of sp³-hybridized carbons (Fsp3) is 0.357. The summed E-state index contributed by atoms with van der Waals surface area (Å²) in [4.78, 5) is 11.4. The van der Waals surface area contributed by atoms with E-state index < -0.39 is 0 Å². The van der Waals surface area contributed by atoms with Crippen LogP contribution in [0.5, 0.6) is 5.75 Å². The number of aryl methyl sites for hydroxylation is 1. The number of ether oxygens (including phenoxy) is 1. The highest BCUT2D eigenvalue weighted by atomic mass is 16.5. The van der Waals surface area contributed by atoms with Gasteiger partial charge in [-0.2, -0.15) is 0 Å². The van der Waals surface area contributed by atoms with Crippen LogP contribution in [0, 0.1) is 19.3 Å². The Morgan fingerprint density at radius 1 is 1.50 bits per heavy atom. The highest BCUT2D eigenvalue weighted by Gasteiger charge is 2.06. The van der Waals surface area contributed by atoms with E-state index in [0.717, 1.165) is 11.1 Å². The topological polar surface area (TPSA) is 50.4 Å². The van der Waals surface area contributed by atoms with Crippen LogP contribution in [-0.2, 0) is 11.3 Å². The molecule has 1 rings (SSSR count). The molecule has 0 bridgehead atoms. The highest BCUT2D eigenvalue weighted by molar-refractivity contribution is 5.77. The van der Waals surface area contributed by atoms with Crippen molar-refractivity contribution in [1.82, 2.24) is 10.6 Å². The number of carbonyl (C=O) groups excluding carboxylic acids is 1. The zero-order chi connectivity index (χ0) is 13.4. The van der Waals surface area contributed by atoms with Crippen molar-refractivity contribution in [3.05, 3.63) is 29.3 Å². The lowest BCUT2D eigenvalue weighted by Gasteiger charge is -2.11. The molecular formula is C14H18N2O2. The van der Waals surface area contributed by atoms with Crippen LogP contribution in [0.15, 0.2) is 18.2 Å². The summed E-state index contributed by atoms with van der Waals surface area (Å²) in [6, 6.07) is 5.86. The molecule has 0 fully saturated rings. The molecule has 0 aliphatic carbocycles. The van der Waals surface area contributed by atoms with Crippen molar-refractivity contribution < 1.29 is 9.53 Å². The number of benzene rings is 1. The maximum absolute atomic E-state index is 11.4. The number of nitrogens with one attached hydrogen (secondary N) is 2. The normalized spacial score (nSPS) is 9.61. The molecule has 4 nitrogen and oxygen atoms in total. The Morgan fingerprint density at radius 3 is 2.94 bits per heavy atom. The molecule has 0 atom stereocenters. The van der Waals surface area contributed by atoms with Gasteiger partial charge in [0.25, 0.3) is 5.91 Å². The molecular weight excluding hydrogens is 228 g/mol. The lowest BCUT2D eigenvalue weighted by atomic mass is 10.1. The second kappa shape index (κ2) is 7.36. The number of hydrogen-bond donors (Lipinski definition) is 2. The van der Waals surface area contributed by atoms with Gasteiger partial charge in [-0.05, 0) is 20.0 Å². The number of rotatable bonds is 6. The second-order valence-electron chi connectivity index (χ2n) is 3.91. The molecule has 0 aliphatic heterocycles. The van der Waals surface area contributed by atoms with Gasteiger partial charge in [-0.1, -0.05) is 23.6 Å². The van der Waals surface area contributed by atoms with Gasteiger partial charge < -0.3 is 15.4 Å². The third kappa shape index (κ3) is 4.48. The molecule has 0 saturated carbocycles. The summed E-state index contributed by atoms with van der Waals surface area (Å²) in [6.45, 7) is 2.91. The van der Waals surface area contributed by atoms with Gasteiger partial charge in [0.2, 0.25) is 0 Å². The van der Waals surface area contributed by atoms with E-state index in [-0.39, 0.29) is 19.1 Å². The Morgan fingerprint density at radius 2 is 2.28 bits per heavy atom. The molecule has 0 heterocycles. The molecule has 18 heavy (non-hydrogen) atoms. The second-order valence-corrected chi connectivity index (χ2v) is 3.91. The fourth-order valence-corrected chi connectivity index (χ4v) is 1.52. The Hall–Kier alpha value is -1.99. The molecule has 0 aromatic heterocycles. The summed E-state index contributed by atoms with van der Waals surface area (Å²) in [6.07, 6.45) is 5.05. The smallest absolute Gasteiger partial charge is 0.258 e. The minimum atomic E-state index is -0.219. The first kappa shape index (κ1) is 14.1. The van der Waals surface area contributed by atoms with Crippen LogP contribution in [0.2, 0.25) is 0 Å². The predicted molar refractivity (Wildman–Crippen MR) is 71.3 cm³/mol. The van der Waals surface area contributed by atoms with Crippen LogP contribution in [0.25, 0.3) is 0 Å². The first-order valence-corrected chi connectivity index (χ1v) is 5.74. The van der Waals surface area contributed by atoms with Gasteiger partial charge in [0.1, 0.15) is 5.75 Å². The standard InChI is InChI=1S/C14H18N2O2/c1-4-7-16-14(17)10-18-13-6-5-11(2)8-12(13)9-15-3/h1,5-6,8,15H,7,9-10H2,2-3H3,(H,16,17). The molecule has 0 unspecified atom stereocenters. The number of amides is 1. The Balaban J connectivity index is 2.61.